The van der Waals surface area contributed by atoms with Gasteiger partial charge in [-0.15, -0.1) is 0 Å². The molecule has 11 heteroatoms. The van der Waals surface area contributed by atoms with E-state index >= 15 is 0 Å². The third-order valence-corrected chi connectivity index (χ3v) is 4.74. The standard InChI is InChI=1S/C12H14Cl6NO3P/c1-9(10-5-3-2-4-6-10)19-23(20,21-7-11(13,14)15)22-8-12(16,17)18/h2-6,9H,7-8H2,1H3,(H,19,20)/t9-/m0/s1. The Labute approximate surface area is 165 Å². The summed E-state index contributed by atoms with van der Waals surface area (Å²) in [5, 5.41) is 2.71. The molecule has 1 N–H and O–H groups in total. The Bertz CT molecular complexity index is 512. The summed E-state index contributed by atoms with van der Waals surface area (Å²) in [5.41, 5.74) is 0.850. The first-order valence-electron chi connectivity index (χ1n) is 6.26. The van der Waals surface area contributed by atoms with Gasteiger partial charge in [-0.25, -0.2) is 9.65 Å². The Hall–Kier alpha value is 1.07. The zero-order valence-corrected chi connectivity index (χ0v) is 17.2. The molecule has 0 aliphatic rings. The van der Waals surface area contributed by atoms with Crippen molar-refractivity contribution in [1.82, 2.24) is 5.09 Å². The Morgan fingerprint density at radius 3 is 1.83 bits per heavy atom. The first kappa shape index (κ1) is 22.1. The molecule has 1 aromatic carbocycles. The molecule has 0 spiro atoms. The summed E-state index contributed by atoms with van der Waals surface area (Å²) in [6, 6.07) is 8.82. The molecule has 0 aliphatic carbocycles. The minimum absolute atomic E-state index is 0.382. The average molecular weight is 464 g/mol. The van der Waals surface area contributed by atoms with Gasteiger partial charge in [0.1, 0.15) is 13.2 Å². The van der Waals surface area contributed by atoms with Gasteiger partial charge in [0.2, 0.25) is 7.59 Å². The smallest absolute Gasteiger partial charge is 0.292 e. The summed E-state index contributed by atoms with van der Waals surface area (Å²) in [4.78, 5) is 0. The highest BCUT2D eigenvalue weighted by Gasteiger charge is 2.35. The van der Waals surface area contributed by atoms with Crippen molar-refractivity contribution in [2.45, 2.75) is 20.6 Å². The molecular formula is C12H14Cl6NO3P. The van der Waals surface area contributed by atoms with Crippen LogP contribution in [0.4, 0.5) is 0 Å². The fourth-order valence-electron chi connectivity index (χ4n) is 1.48. The van der Waals surface area contributed by atoms with Gasteiger partial charge in [0.25, 0.3) is 0 Å². The lowest BCUT2D eigenvalue weighted by Crippen LogP contribution is -2.24. The molecule has 0 unspecified atom stereocenters. The van der Waals surface area contributed by atoms with E-state index in [0.717, 1.165) is 5.56 Å². The van der Waals surface area contributed by atoms with Crippen LogP contribution in [0.2, 0.25) is 0 Å². The lowest BCUT2D eigenvalue weighted by molar-refractivity contribution is 0.198. The Morgan fingerprint density at radius 2 is 1.43 bits per heavy atom. The maximum absolute atomic E-state index is 12.8. The van der Waals surface area contributed by atoms with Crippen molar-refractivity contribution in [1.29, 1.82) is 0 Å². The van der Waals surface area contributed by atoms with Gasteiger partial charge in [0.05, 0.1) is 0 Å². The molecule has 1 rings (SSSR count). The summed E-state index contributed by atoms with van der Waals surface area (Å²) in [7, 11) is -3.89. The van der Waals surface area contributed by atoms with Crippen molar-refractivity contribution in [2.24, 2.45) is 0 Å². The van der Waals surface area contributed by atoms with E-state index in [1.807, 2.05) is 30.3 Å². The minimum Gasteiger partial charge on any atom is -0.292 e. The lowest BCUT2D eigenvalue weighted by Gasteiger charge is -2.26. The van der Waals surface area contributed by atoms with Crippen LogP contribution < -0.4 is 5.09 Å². The first-order chi connectivity index (χ1) is 10.4. The second kappa shape index (κ2) is 9.14. The third kappa shape index (κ3) is 9.96. The second-order valence-electron chi connectivity index (χ2n) is 4.54. The largest absolute Gasteiger partial charge is 0.406 e. The fourth-order valence-corrected chi connectivity index (χ4v) is 3.84. The summed E-state index contributed by atoms with van der Waals surface area (Å²) in [6.07, 6.45) is 0. The van der Waals surface area contributed by atoms with Crippen molar-refractivity contribution in [3.63, 3.8) is 0 Å². The Morgan fingerprint density at radius 1 is 1.00 bits per heavy atom. The Balaban J connectivity index is 2.83. The summed E-state index contributed by atoms with van der Waals surface area (Å²) in [6.45, 7) is 0.825. The number of alkyl halides is 6. The molecule has 0 heterocycles. The molecule has 0 saturated heterocycles. The number of hydrogen-bond donors (Lipinski definition) is 1. The van der Waals surface area contributed by atoms with E-state index in [1.165, 1.54) is 0 Å². The van der Waals surface area contributed by atoms with E-state index in [9.17, 15) is 4.57 Å². The zero-order valence-electron chi connectivity index (χ0n) is 11.8. The van der Waals surface area contributed by atoms with Crippen LogP contribution in [0.25, 0.3) is 0 Å². The number of benzene rings is 1. The molecule has 0 bridgehead atoms. The van der Waals surface area contributed by atoms with Gasteiger partial charge in [0.15, 0.2) is 0 Å². The van der Waals surface area contributed by atoms with Crippen LogP contribution in [0.15, 0.2) is 30.3 Å². The van der Waals surface area contributed by atoms with Gasteiger partial charge < -0.3 is 0 Å². The predicted octanol–water partition coefficient (Wildman–Crippen LogP) is 6.22. The summed E-state index contributed by atoms with van der Waals surface area (Å²) < 4.78 is 19.5. The van der Waals surface area contributed by atoms with Crippen LogP contribution in [0.1, 0.15) is 18.5 Å². The molecule has 0 aromatic heterocycles. The van der Waals surface area contributed by atoms with E-state index in [-0.39, 0.29) is 6.04 Å². The van der Waals surface area contributed by atoms with Gasteiger partial charge in [-0.2, -0.15) is 0 Å². The zero-order chi connectivity index (χ0) is 17.7. The van der Waals surface area contributed by atoms with Gasteiger partial charge in [-0.05, 0) is 12.5 Å². The molecule has 0 saturated carbocycles. The van der Waals surface area contributed by atoms with E-state index < -0.39 is 28.5 Å². The van der Waals surface area contributed by atoms with Crippen LogP contribution >= 0.6 is 77.4 Å². The highest BCUT2D eigenvalue weighted by Crippen LogP contribution is 2.49. The molecule has 1 atom stereocenters. The average Bonchev–Trinajstić information content (AvgIpc) is 2.43. The number of hydrogen-bond acceptors (Lipinski definition) is 3. The highest BCUT2D eigenvalue weighted by atomic mass is 35.6. The second-order valence-corrected chi connectivity index (χ2v) is 11.3. The van der Waals surface area contributed by atoms with Crippen LogP contribution in [-0.4, -0.2) is 20.8 Å². The molecule has 0 amide bonds. The lowest BCUT2D eigenvalue weighted by atomic mass is 10.1. The molecule has 0 radical (unpaired) electrons. The molecule has 1 aromatic rings. The number of nitrogens with one attached hydrogen (secondary N) is 1. The first-order valence-corrected chi connectivity index (χ1v) is 10.1. The topological polar surface area (TPSA) is 47.6 Å². The molecular weight excluding hydrogens is 450 g/mol. The maximum atomic E-state index is 12.8. The van der Waals surface area contributed by atoms with Crippen LogP contribution in [0.5, 0.6) is 0 Å². The van der Waals surface area contributed by atoms with E-state index in [0.29, 0.717) is 0 Å². The number of rotatable bonds is 7. The summed E-state index contributed by atoms with van der Waals surface area (Å²) >= 11 is 33.6. The molecule has 0 fully saturated rings. The van der Waals surface area contributed by atoms with Crippen LogP contribution in [0.3, 0.4) is 0 Å². The predicted molar refractivity (Wildman–Crippen MR) is 98.1 cm³/mol. The van der Waals surface area contributed by atoms with E-state index in [4.69, 9.17) is 78.7 Å². The maximum Gasteiger partial charge on any atom is 0.406 e. The monoisotopic (exact) mass is 461 g/mol. The molecule has 0 aliphatic heterocycles. The summed E-state index contributed by atoms with van der Waals surface area (Å²) in [5.74, 6) is 0. The number of halogens is 6. The van der Waals surface area contributed by atoms with Crippen molar-refractivity contribution in [3.8, 4) is 0 Å². The van der Waals surface area contributed by atoms with Gasteiger partial charge in [-0.1, -0.05) is 99.9 Å². The SMILES string of the molecule is C[C@H](NP(=O)(OCC(Cl)(Cl)Cl)OCC(Cl)(Cl)Cl)c1ccccc1. The normalized spacial score (nSPS) is 14.7. The quantitative estimate of drug-likeness (QED) is 0.385. The molecule has 23 heavy (non-hydrogen) atoms. The van der Waals surface area contributed by atoms with E-state index in [2.05, 4.69) is 5.09 Å². The Kier molecular flexibility index (Phi) is 8.78. The van der Waals surface area contributed by atoms with Crippen LogP contribution in [-0.2, 0) is 13.6 Å². The van der Waals surface area contributed by atoms with Crippen molar-refractivity contribution < 1.29 is 13.6 Å². The van der Waals surface area contributed by atoms with Gasteiger partial charge in [-0.3, -0.25) is 9.05 Å². The van der Waals surface area contributed by atoms with Crippen molar-refractivity contribution in [3.05, 3.63) is 35.9 Å². The van der Waals surface area contributed by atoms with E-state index in [1.54, 1.807) is 6.92 Å². The fraction of sp³-hybridized carbons (Fsp3) is 0.500. The van der Waals surface area contributed by atoms with Crippen molar-refractivity contribution >= 4 is 77.4 Å². The van der Waals surface area contributed by atoms with Crippen LogP contribution in [0, 0.1) is 0 Å². The molecule has 4 nitrogen and oxygen atoms in total. The molecule has 132 valence electrons. The van der Waals surface area contributed by atoms with Gasteiger partial charge in [0, 0.05) is 6.04 Å². The highest BCUT2D eigenvalue weighted by molar-refractivity contribution is 7.51. The van der Waals surface area contributed by atoms with Crippen molar-refractivity contribution in [2.75, 3.05) is 13.2 Å². The minimum atomic E-state index is -3.89. The third-order valence-electron chi connectivity index (χ3n) is 2.45. The van der Waals surface area contributed by atoms with Gasteiger partial charge >= 0.3 is 7.75 Å².